The number of carbonyl (C=O) groups excluding carboxylic acids is 1. The standard InChI is InChI=1S/C25H20N2O3/c28-25(27-22-10-5-7-17-6-1-2-8-19(17)22)26-14-15-29-18-12-13-24-21(16-18)20-9-3-4-11-23(20)30-24/h1-13,16H,14-15H2,(H2,26,27,28). The molecule has 2 N–H and O–H groups in total. The molecule has 5 nitrogen and oxygen atoms in total. The van der Waals surface area contributed by atoms with Crippen LogP contribution in [0.25, 0.3) is 32.7 Å². The van der Waals surface area contributed by atoms with E-state index in [2.05, 4.69) is 10.6 Å². The van der Waals surface area contributed by atoms with E-state index < -0.39 is 0 Å². The number of anilines is 1. The molecule has 0 aliphatic carbocycles. The van der Waals surface area contributed by atoms with Crippen molar-refractivity contribution in [3.05, 3.63) is 84.9 Å². The van der Waals surface area contributed by atoms with E-state index in [9.17, 15) is 4.79 Å². The van der Waals surface area contributed by atoms with Gasteiger partial charge >= 0.3 is 6.03 Å². The first-order valence-electron chi connectivity index (χ1n) is 9.85. The van der Waals surface area contributed by atoms with Gasteiger partial charge in [0.25, 0.3) is 0 Å². The van der Waals surface area contributed by atoms with Gasteiger partial charge in [-0.05, 0) is 35.7 Å². The first-order chi connectivity index (χ1) is 14.8. The molecule has 0 aliphatic rings. The second kappa shape index (κ2) is 7.79. The Labute approximate surface area is 173 Å². The minimum atomic E-state index is -0.258. The first-order valence-corrected chi connectivity index (χ1v) is 9.85. The summed E-state index contributed by atoms with van der Waals surface area (Å²) >= 11 is 0. The van der Waals surface area contributed by atoms with Crippen molar-refractivity contribution in [2.45, 2.75) is 0 Å². The molecule has 4 aromatic carbocycles. The van der Waals surface area contributed by atoms with Crippen LogP contribution in [0.4, 0.5) is 10.5 Å². The average molecular weight is 396 g/mol. The van der Waals surface area contributed by atoms with E-state index in [1.165, 1.54) is 0 Å². The van der Waals surface area contributed by atoms with Gasteiger partial charge in [0.1, 0.15) is 23.5 Å². The Morgan fingerprint density at radius 3 is 2.50 bits per heavy atom. The number of urea groups is 1. The molecule has 1 aromatic heterocycles. The molecule has 0 fully saturated rings. The Balaban J connectivity index is 1.19. The number of nitrogens with one attached hydrogen (secondary N) is 2. The van der Waals surface area contributed by atoms with Crippen LogP contribution in [0.2, 0.25) is 0 Å². The smallest absolute Gasteiger partial charge is 0.319 e. The summed E-state index contributed by atoms with van der Waals surface area (Å²) in [5.74, 6) is 0.741. The molecular formula is C25H20N2O3. The Hall–Kier alpha value is -3.99. The summed E-state index contributed by atoms with van der Waals surface area (Å²) in [6.45, 7) is 0.755. The van der Waals surface area contributed by atoms with Crippen LogP contribution in [0.15, 0.2) is 89.3 Å². The van der Waals surface area contributed by atoms with Gasteiger partial charge in [0.2, 0.25) is 0 Å². The molecule has 5 aromatic rings. The molecule has 148 valence electrons. The number of fused-ring (bicyclic) bond motifs is 4. The number of carbonyl (C=O) groups is 1. The van der Waals surface area contributed by atoms with Crippen molar-refractivity contribution in [3.8, 4) is 5.75 Å². The highest BCUT2D eigenvalue weighted by atomic mass is 16.5. The van der Waals surface area contributed by atoms with E-state index >= 15 is 0 Å². The molecule has 5 rings (SSSR count). The van der Waals surface area contributed by atoms with Gasteiger partial charge < -0.3 is 19.8 Å². The van der Waals surface area contributed by atoms with E-state index in [4.69, 9.17) is 9.15 Å². The van der Waals surface area contributed by atoms with Crippen LogP contribution in [-0.2, 0) is 0 Å². The Morgan fingerprint density at radius 1 is 0.800 bits per heavy atom. The largest absolute Gasteiger partial charge is 0.492 e. The maximum atomic E-state index is 12.3. The summed E-state index contributed by atoms with van der Waals surface area (Å²) in [4.78, 5) is 12.3. The summed E-state index contributed by atoms with van der Waals surface area (Å²) in [5, 5.41) is 9.91. The van der Waals surface area contributed by atoms with Gasteiger partial charge in [0.15, 0.2) is 0 Å². The van der Waals surface area contributed by atoms with Gasteiger partial charge in [-0.25, -0.2) is 4.79 Å². The van der Waals surface area contributed by atoms with Gasteiger partial charge in [0, 0.05) is 16.2 Å². The van der Waals surface area contributed by atoms with Crippen LogP contribution in [0.3, 0.4) is 0 Å². The molecule has 0 unspecified atom stereocenters. The Bertz CT molecular complexity index is 1350. The number of rotatable bonds is 5. The van der Waals surface area contributed by atoms with Gasteiger partial charge in [-0.1, -0.05) is 54.6 Å². The predicted molar refractivity (Wildman–Crippen MR) is 120 cm³/mol. The van der Waals surface area contributed by atoms with Crippen molar-refractivity contribution in [2.24, 2.45) is 0 Å². The number of amides is 2. The zero-order valence-corrected chi connectivity index (χ0v) is 16.2. The highest BCUT2D eigenvalue weighted by Crippen LogP contribution is 2.31. The third-order valence-electron chi connectivity index (χ3n) is 5.04. The fourth-order valence-electron chi connectivity index (χ4n) is 3.63. The molecular weight excluding hydrogens is 376 g/mol. The summed E-state index contributed by atoms with van der Waals surface area (Å²) in [6, 6.07) is 27.2. The topological polar surface area (TPSA) is 63.5 Å². The number of furan rings is 1. The van der Waals surface area contributed by atoms with Crippen molar-refractivity contribution >= 4 is 44.4 Å². The lowest BCUT2D eigenvalue weighted by molar-refractivity contribution is 0.247. The predicted octanol–water partition coefficient (Wildman–Crippen LogP) is 5.94. The second-order valence-electron chi connectivity index (χ2n) is 7.01. The number of ether oxygens (including phenoxy) is 1. The van der Waals surface area contributed by atoms with Crippen LogP contribution in [0.5, 0.6) is 5.75 Å². The van der Waals surface area contributed by atoms with E-state index in [1.54, 1.807) is 0 Å². The molecule has 0 atom stereocenters. The van der Waals surface area contributed by atoms with Crippen molar-refractivity contribution in [3.63, 3.8) is 0 Å². The van der Waals surface area contributed by atoms with E-state index in [1.807, 2.05) is 84.9 Å². The fraction of sp³-hybridized carbons (Fsp3) is 0.0800. The van der Waals surface area contributed by atoms with Crippen molar-refractivity contribution in [1.29, 1.82) is 0 Å². The Kier molecular flexibility index (Phi) is 4.69. The van der Waals surface area contributed by atoms with E-state index in [-0.39, 0.29) is 6.03 Å². The zero-order valence-electron chi connectivity index (χ0n) is 16.2. The van der Waals surface area contributed by atoms with Crippen LogP contribution < -0.4 is 15.4 Å². The second-order valence-corrected chi connectivity index (χ2v) is 7.01. The molecule has 0 saturated heterocycles. The lowest BCUT2D eigenvalue weighted by Gasteiger charge is -2.11. The van der Waals surface area contributed by atoms with Gasteiger partial charge in [-0.3, -0.25) is 0 Å². The number of benzene rings is 4. The molecule has 5 heteroatoms. The lowest BCUT2D eigenvalue weighted by Crippen LogP contribution is -2.32. The molecule has 30 heavy (non-hydrogen) atoms. The molecule has 1 heterocycles. The maximum Gasteiger partial charge on any atom is 0.319 e. The van der Waals surface area contributed by atoms with Crippen LogP contribution >= 0.6 is 0 Å². The molecule has 0 spiro atoms. The molecule has 0 bridgehead atoms. The lowest BCUT2D eigenvalue weighted by atomic mass is 10.1. The SMILES string of the molecule is O=C(NCCOc1ccc2oc3ccccc3c2c1)Nc1cccc2ccccc12. The summed E-state index contributed by atoms with van der Waals surface area (Å²) in [5.41, 5.74) is 2.47. The summed E-state index contributed by atoms with van der Waals surface area (Å²) in [6.07, 6.45) is 0. The minimum absolute atomic E-state index is 0.258. The monoisotopic (exact) mass is 396 g/mol. The van der Waals surface area contributed by atoms with Crippen molar-refractivity contribution in [1.82, 2.24) is 5.32 Å². The summed E-state index contributed by atoms with van der Waals surface area (Å²) < 4.78 is 11.6. The van der Waals surface area contributed by atoms with Crippen LogP contribution in [0.1, 0.15) is 0 Å². The van der Waals surface area contributed by atoms with E-state index in [0.29, 0.717) is 13.2 Å². The van der Waals surface area contributed by atoms with Crippen molar-refractivity contribution in [2.75, 3.05) is 18.5 Å². The van der Waals surface area contributed by atoms with Crippen LogP contribution in [0, 0.1) is 0 Å². The van der Waals surface area contributed by atoms with Gasteiger partial charge in [0.05, 0.1) is 12.2 Å². The Morgan fingerprint density at radius 2 is 1.57 bits per heavy atom. The van der Waals surface area contributed by atoms with Gasteiger partial charge in [-0.2, -0.15) is 0 Å². The third-order valence-corrected chi connectivity index (χ3v) is 5.04. The minimum Gasteiger partial charge on any atom is -0.492 e. The first kappa shape index (κ1) is 18.1. The average Bonchev–Trinajstić information content (AvgIpc) is 3.15. The zero-order chi connectivity index (χ0) is 20.3. The molecule has 2 amide bonds. The van der Waals surface area contributed by atoms with Crippen molar-refractivity contribution < 1.29 is 13.9 Å². The van der Waals surface area contributed by atoms with Crippen LogP contribution in [-0.4, -0.2) is 19.2 Å². The molecule has 0 saturated carbocycles. The highest BCUT2D eigenvalue weighted by Gasteiger charge is 2.08. The quantitative estimate of drug-likeness (QED) is 0.361. The fourth-order valence-corrected chi connectivity index (χ4v) is 3.63. The molecule has 0 radical (unpaired) electrons. The number of hydrogen-bond donors (Lipinski definition) is 2. The summed E-state index contributed by atoms with van der Waals surface area (Å²) in [7, 11) is 0. The highest BCUT2D eigenvalue weighted by molar-refractivity contribution is 6.05. The molecule has 0 aliphatic heterocycles. The van der Waals surface area contributed by atoms with Gasteiger partial charge in [-0.15, -0.1) is 0 Å². The maximum absolute atomic E-state index is 12.3. The number of para-hydroxylation sites is 1. The third kappa shape index (κ3) is 3.53. The number of hydrogen-bond acceptors (Lipinski definition) is 3. The van der Waals surface area contributed by atoms with E-state index in [0.717, 1.165) is 44.1 Å². The normalized spacial score (nSPS) is 11.1.